The maximum atomic E-state index is 13.5. The molecule has 1 fully saturated rings. The summed E-state index contributed by atoms with van der Waals surface area (Å²) in [6.07, 6.45) is 0.896. The van der Waals surface area contributed by atoms with Gasteiger partial charge in [0.15, 0.2) is 0 Å². The average Bonchev–Trinajstić information content (AvgIpc) is 2.35. The number of halogens is 1. The minimum absolute atomic E-state index is 0.0111. The van der Waals surface area contributed by atoms with E-state index in [1.165, 1.54) is 6.07 Å². The predicted molar refractivity (Wildman–Crippen MR) is 73.7 cm³/mol. The van der Waals surface area contributed by atoms with E-state index in [1.807, 2.05) is 0 Å². The summed E-state index contributed by atoms with van der Waals surface area (Å²) >= 11 is 0. The third kappa shape index (κ3) is 3.13. The van der Waals surface area contributed by atoms with E-state index < -0.39 is 0 Å². The number of carbonyl (C=O) groups is 1. The Morgan fingerprint density at radius 2 is 2.21 bits per heavy atom. The summed E-state index contributed by atoms with van der Waals surface area (Å²) in [5, 5.41) is 6.35. The summed E-state index contributed by atoms with van der Waals surface area (Å²) in [5.41, 5.74) is 0.952. The van der Waals surface area contributed by atoms with Gasteiger partial charge in [-0.15, -0.1) is 0 Å². The maximum absolute atomic E-state index is 13.5. The van der Waals surface area contributed by atoms with Crippen molar-refractivity contribution in [3.8, 4) is 0 Å². The first-order valence-electron chi connectivity index (χ1n) is 6.68. The molecule has 3 nitrogen and oxygen atoms in total. The first-order valence-corrected chi connectivity index (χ1v) is 6.68. The Labute approximate surface area is 113 Å². The Bertz CT molecular complexity index is 485. The SMILES string of the molecule is Cc1ccc(C(=O)NC2CCNCC2(C)C)cc1F. The molecule has 1 aliphatic rings. The van der Waals surface area contributed by atoms with Gasteiger partial charge in [0.2, 0.25) is 0 Å². The quantitative estimate of drug-likeness (QED) is 0.860. The van der Waals surface area contributed by atoms with Crippen LogP contribution in [-0.4, -0.2) is 25.0 Å². The summed E-state index contributed by atoms with van der Waals surface area (Å²) in [6.45, 7) is 7.71. The van der Waals surface area contributed by atoms with E-state index in [2.05, 4.69) is 24.5 Å². The van der Waals surface area contributed by atoms with Gasteiger partial charge in [0.25, 0.3) is 5.91 Å². The second-order valence-electron chi connectivity index (χ2n) is 5.94. The molecule has 1 unspecified atom stereocenters. The van der Waals surface area contributed by atoms with Crippen LogP contribution in [0.1, 0.15) is 36.2 Å². The minimum Gasteiger partial charge on any atom is -0.349 e. The van der Waals surface area contributed by atoms with Crippen molar-refractivity contribution < 1.29 is 9.18 Å². The van der Waals surface area contributed by atoms with Gasteiger partial charge in [-0.25, -0.2) is 4.39 Å². The highest BCUT2D eigenvalue weighted by molar-refractivity contribution is 5.94. The fourth-order valence-corrected chi connectivity index (χ4v) is 2.41. The van der Waals surface area contributed by atoms with Gasteiger partial charge in [-0.05, 0) is 43.0 Å². The standard InChI is InChI=1S/C15H21FN2O/c1-10-4-5-11(8-12(10)16)14(19)18-13-6-7-17-9-15(13,2)3/h4-5,8,13,17H,6-7,9H2,1-3H3,(H,18,19). The van der Waals surface area contributed by atoms with Crippen LogP contribution >= 0.6 is 0 Å². The third-order valence-electron chi connectivity index (χ3n) is 3.87. The molecule has 2 rings (SSSR count). The lowest BCUT2D eigenvalue weighted by atomic mass is 9.80. The van der Waals surface area contributed by atoms with Crippen LogP contribution in [0.25, 0.3) is 0 Å². The van der Waals surface area contributed by atoms with Gasteiger partial charge in [-0.1, -0.05) is 19.9 Å². The molecule has 0 aliphatic carbocycles. The van der Waals surface area contributed by atoms with Crippen molar-refractivity contribution in [2.45, 2.75) is 33.2 Å². The Morgan fingerprint density at radius 1 is 1.47 bits per heavy atom. The van der Waals surface area contributed by atoms with Crippen molar-refractivity contribution in [1.82, 2.24) is 10.6 Å². The zero-order valence-electron chi connectivity index (χ0n) is 11.7. The lowest BCUT2D eigenvalue weighted by molar-refractivity contribution is 0.0868. The first kappa shape index (κ1) is 14.0. The van der Waals surface area contributed by atoms with Crippen LogP contribution in [0.2, 0.25) is 0 Å². The van der Waals surface area contributed by atoms with E-state index in [9.17, 15) is 9.18 Å². The zero-order chi connectivity index (χ0) is 14.0. The van der Waals surface area contributed by atoms with Crippen molar-refractivity contribution in [1.29, 1.82) is 0 Å². The number of hydrogen-bond donors (Lipinski definition) is 2. The lowest BCUT2D eigenvalue weighted by Gasteiger charge is -2.39. The number of amides is 1. The van der Waals surface area contributed by atoms with Crippen LogP contribution in [0.3, 0.4) is 0 Å². The molecule has 1 saturated heterocycles. The van der Waals surface area contributed by atoms with E-state index in [0.29, 0.717) is 11.1 Å². The monoisotopic (exact) mass is 264 g/mol. The van der Waals surface area contributed by atoms with Crippen molar-refractivity contribution in [2.24, 2.45) is 5.41 Å². The number of aryl methyl sites for hydroxylation is 1. The fourth-order valence-electron chi connectivity index (χ4n) is 2.41. The molecular weight excluding hydrogens is 243 g/mol. The molecule has 19 heavy (non-hydrogen) atoms. The number of hydrogen-bond acceptors (Lipinski definition) is 2. The van der Waals surface area contributed by atoms with Crippen molar-refractivity contribution in [3.05, 3.63) is 35.1 Å². The van der Waals surface area contributed by atoms with Crippen molar-refractivity contribution in [3.63, 3.8) is 0 Å². The van der Waals surface area contributed by atoms with Crippen molar-refractivity contribution >= 4 is 5.91 Å². The molecule has 104 valence electrons. The van der Waals surface area contributed by atoms with Crippen LogP contribution in [0.5, 0.6) is 0 Å². The topological polar surface area (TPSA) is 41.1 Å². The average molecular weight is 264 g/mol. The number of nitrogens with one attached hydrogen (secondary N) is 2. The maximum Gasteiger partial charge on any atom is 0.251 e. The van der Waals surface area contributed by atoms with Gasteiger partial charge in [-0.3, -0.25) is 4.79 Å². The van der Waals surface area contributed by atoms with Crippen molar-refractivity contribution in [2.75, 3.05) is 13.1 Å². The van der Waals surface area contributed by atoms with Crippen LogP contribution < -0.4 is 10.6 Å². The molecule has 0 radical (unpaired) electrons. The normalized spacial score (nSPS) is 22.0. The van der Waals surface area contributed by atoms with E-state index in [1.54, 1.807) is 19.1 Å². The molecule has 0 saturated carbocycles. The van der Waals surface area contributed by atoms with Gasteiger partial charge < -0.3 is 10.6 Å². The Hall–Kier alpha value is -1.42. The van der Waals surface area contributed by atoms with Crippen LogP contribution in [0.15, 0.2) is 18.2 Å². The summed E-state index contributed by atoms with van der Waals surface area (Å²) in [4.78, 5) is 12.2. The molecule has 0 spiro atoms. The van der Waals surface area contributed by atoms with Gasteiger partial charge in [0.1, 0.15) is 5.82 Å². The Morgan fingerprint density at radius 3 is 2.84 bits per heavy atom. The summed E-state index contributed by atoms with van der Waals surface area (Å²) in [6, 6.07) is 4.73. The Balaban J connectivity index is 2.10. The highest BCUT2D eigenvalue weighted by Gasteiger charge is 2.33. The van der Waals surface area contributed by atoms with Gasteiger partial charge in [0.05, 0.1) is 0 Å². The molecule has 2 N–H and O–H groups in total. The number of benzene rings is 1. The molecule has 0 aromatic heterocycles. The first-order chi connectivity index (χ1) is 8.90. The zero-order valence-corrected chi connectivity index (χ0v) is 11.7. The Kier molecular flexibility index (Phi) is 3.90. The fraction of sp³-hybridized carbons (Fsp3) is 0.533. The lowest BCUT2D eigenvalue weighted by Crippen LogP contribution is -2.54. The summed E-state index contributed by atoms with van der Waals surface area (Å²) in [5.74, 6) is -0.531. The molecule has 1 heterocycles. The third-order valence-corrected chi connectivity index (χ3v) is 3.87. The van der Waals surface area contributed by atoms with Crippen LogP contribution in [0, 0.1) is 18.2 Å². The van der Waals surface area contributed by atoms with E-state index in [-0.39, 0.29) is 23.2 Å². The van der Waals surface area contributed by atoms with Crippen LogP contribution in [-0.2, 0) is 0 Å². The molecule has 1 aromatic carbocycles. The number of carbonyl (C=O) groups excluding carboxylic acids is 1. The highest BCUT2D eigenvalue weighted by atomic mass is 19.1. The second-order valence-corrected chi connectivity index (χ2v) is 5.94. The molecule has 4 heteroatoms. The molecule has 1 aliphatic heterocycles. The summed E-state index contributed by atoms with van der Waals surface area (Å²) in [7, 11) is 0. The van der Waals surface area contributed by atoms with Gasteiger partial charge >= 0.3 is 0 Å². The van der Waals surface area contributed by atoms with E-state index >= 15 is 0 Å². The second kappa shape index (κ2) is 5.29. The van der Waals surface area contributed by atoms with Crippen LogP contribution in [0.4, 0.5) is 4.39 Å². The minimum atomic E-state index is -0.336. The van der Waals surface area contributed by atoms with E-state index in [0.717, 1.165) is 19.5 Å². The number of piperidine rings is 1. The van der Waals surface area contributed by atoms with E-state index in [4.69, 9.17) is 0 Å². The van der Waals surface area contributed by atoms with Gasteiger partial charge in [-0.2, -0.15) is 0 Å². The molecule has 1 atom stereocenters. The molecule has 1 aromatic rings. The molecule has 1 amide bonds. The van der Waals surface area contributed by atoms with Gasteiger partial charge in [0, 0.05) is 18.2 Å². The smallest absolute Gasteiger partial charge is 0.251 e. The molecular formula is C15H21FN2O. The predicted octanol–water partition coefficient (Wildman–Crippen LogP) is 2.25. The number of rotatable bonds is 2. The highest BCUT2D eigenvalue weighted by Crippen LogP contribution is 2.25. The molecule has 0 bridgehead atoms. The largest absolute Gasteiger partial charge is 0.349 e. The summed E-state index contributed by atoms with van der Waals surface area (Å²) < 4.78 is 13.5.